The second-order valence-electron chi connectivity index (χ2n) is 5.27. The number of amides is 1. The predicted octanol–water partition coefficient (Wildman–Crippen LogP) is 1.69. The van der Waals surface area contributed by atoms with E-state index < -0.39 is 11.4 Å². The van der Waals surface area contributed by atoms with E-state index in [0.29, 0.717) is 25.7 Å². The zero-order chi connectivity index (χ0) is 11.8. The molecule has 2 bridgehead atoms. The highest BCUT2D eigenvalue weighted by atomic mass is 16.4. The van der Waals surface area contributed by atoms with Crippen molar-refractivity contribution in [2.45, 2.75) is 57.4 Å². The van der Waals surface area contributed by atoms with Crippen molar-refractivity contribution in [1.82, 2.24) is 5.32 Å². The molecule has 0 atom stereocenters. The van der Waals surface area contributed by atoms with Gasteiger partial charge in [0.15, 0.2) is 0 Å². The van der Waals surface area contributed by atoms with E-state index in [1.165, 1.54) is 0 Å². The third kappa shape index (κ3) is 1.70. The molecule has 16 heavy (non-hydrogen) atoms. The van der Waals surface area contributed by atoms with Crippen LogP contribution >= 0.6 is 0 Å². The Kier molecular flexibility index (Phi) is 2.68. The monoisotopic (exact) mass is 225 g/mol. The lowest BCUT2D eigenvalue weighted by Crippen LogP contribution is -2.58. The van der Waals surface area contributed by atoms with E-state index >= 15 is 0 Å². The molecule has 2 N–H and O–H groups in total. The molecule has 90 valence electrons. The number of carbonyl (C=O) groups is 2. The highest BCUT2D eigenvalue weighted by Crippen LogP contribution is 2.52. The Morgan fingerprint density at radius 1 is 1.12 bits per heavy atom. The van der Waals surface area contributed by atoms with Gasteiger partial charge in [0.1, 0.15) is 0 Å². The Morgan fingerprint density at radius 2 is 1.62 bits per heavy atom. The molecule has 0 aromatic rings. The molecule has 0 aromatic carbocycles. The summed E-state index contributed by atoms with van der Waals surface area (Å²) in [5.74, 6) is -0.563. The summed E-state index contributed by atoms with van der Waals surface area (Å²) in [6.07, 6.45) is 5.12. The van der Waals surface area contributed by atoms with Crippen LogP contribution in [0.5, 0.6) is 0 Å². The first kappa shape index (κ1) is 11.4. The van der Waals surface area contributed by atoms with Crippen LogP contribution in [0.3, 0.4) is 0 Å². The number of fused-ring (bicyclic) bond motifs is 3. The van der Waals surface area contributed by atoms with E-state index in [4.69, 9.17) is 0 Å². The molecule has 0 unspecified atom stereocenters. The van der Waals surface area contributed by atoms with Crippen molar-refractivity contribution in [3.8, 4) is 0 Å². The SMILES string of the molecule is CCC(=O)NC12CCC(C(=O)O)(CC1)CC2. The van der Waals surface area contributed by atoms with Gasteiger partial charge in [0, 0.05) is 12.0 Å². The zero-order valence-corrected chi connectivity index (χ0v) is 9.71. The van der Waals surface area contributed by atoms with Gasteiger partial charge in [0.2, 0.25) is 5.91 Å². The van der Waals surface area contributed by atoms with Crippen LogP contribution in [0.1, 0.15) is 51.9 Å². The van der Waals surface area contributed by atoms with Gasteiger partial charge in [-0.25, -0.2) is 0 Å². The van der Waals surface area contributed by atoms with Crippen LogP contribution in [0.2, 0.25) is 0 Å². The predicted molar refractivity (Wildman–Crippen MR) is 58.9 cm³/mol. The first-order valence-corrected chi connectivity index (χ1v) is 6.06. The molecule has 0 aliphatic heterocycles. The Balaban J connectivity index is 2.05. The zero-order valence-electron chi connectivity index (χ0n) is 9.71. The molecule has 3 saturated carbocycles. The Hall–Kier alpha value is -1.06. The molecule has 0 heterocycles. The third-order valence-corrected chi connectivity index (χ3v) is 4.43. The fourth-order valence-electron chi connectivity index (χ4n) is 3.08. The molecule has 0 aromatic heterocycles. The van der Waals surface area contributed by atoms with Crippen molar-refractivity contribution < 1.29 is 14.7 Å². The van der Waals surface area contributed by atoms with Gasteiger partial charge in [-0.1, -0.05) is 6.92 Å². The number of hydrogen-bond acceptors (Lipinski definition) is 2. The molecule has 4 heteroatoms. The van der Waals surface area contributed by atoms with Crippen LogP contribution in [0.15, 0.2) is 0 Å². The van der Waals surface area contributed by atoms with E-state index in [1.807, 2.05) is 6.92 Å². The van der Waals surface area contributed by atoms with Gasteiger partial charge in [-0.3, -0.25) is 9.59 Å². The summed E-state index contributed by atoms with van der Waals surface area (Å²) in [5.41, 5.74) is -0.580. The van der Waals surface area contributed by atoms with Crippen LogP contribution < -0.4 is 5.32 Å². The topological polar surface area (TPSA) is 66.4 Å². The van der Waals surface area contributed by atoms with Gasteiger partial charge in [0.05, 0.1) is 5.41 Å². The first-order chi connectivity index (χ1) is 7.52. The molecule has 0 saturated heterocycles. The number of carboxylic acid groups (broad SMARTS) is 1. The number of hydrogen-bond donors (Lipinski definition) is 2. The summed E-state index contributed by atoms with van der Waals surface area (Å²) in [6, 6.07) is 0. The number of rotatable bonds is 3. The summed E-state index contributed by atoms with van der Waals surface area (Å²) in [4.78, 5) is 22.7. The fourth-order valence-corrected chi connectivity index (χ4v) is 3.08. The Bertz CT molecular complexity index is 300. The van der Waals surface area contributed by atoms with E-state index in [-0.39, 0.29) is 11.4 Å². The minimum absolute atomic E-state index is 0.0877. The Labute approximate surface area is 95.4 Å². The van der Waals surface area contributed by atoms with E-state index in [1.54, 1.807) is 0 Å². The van der Waals surface area contributed by atoms with Crippen LogP contribution in [0.4, 0.5) is 0 Å². The number of nitrogens with one attached hydrogen (secondary N) is 1. The number of carbonyl (C=O) groups excluding carboxylic acids is 1. The molecular formula is C12H19NO3. The summed E-state index contributed by atoms with van der Waals surface area (Å²) in [7, 11) is 0. The van der Waals surface area contributed by atoms with Crippen molar-refractivity contribution in [2.24, 2.45) is 5.41 Å². The van der Waals surface area contributed by atoms with E-state index in [9.17, 15) is 14.7 Å². The quantitative estimate of drug-likeness (QED) is 0.768. The lowest BCUT2D eigenvalue weighted by Gasteiger charge is -2.51. The average molecular weight is 225 g/mol. The molecule has 0 radical (unpaired) electrons. The maximum atomic E-state index is 11.4. The second kappa shape index (κ2) is 3.75. The van der Waals surface area contributed by atoms with Crippen molar-refractivity contribution in [2.75, 3.05) is 0 Å². The van der Waals surface area contributed by atoms with Gasteiger partial charge in [-0.2, -0.15) is 0 Å². The maximum absolute atomic E-state index is 11.4. The standard InChI is InChI=1S/C12H19NO3/c1-2-9(14)13-12-6-3-11(4-7-12,5-8-12)10(15)16/h2-8H2,1H3,(H,13,14)(H,15,16). The smallest absolute Gasteiger partial charge is 0.309 e. The molecule has 4 nitrogen and oxygen atoms in total. The molecule has 3 rings (SSSR count). The van der Waals surface area contributed by atoms with Gasteiger partial charge < -0.3 is 10.4 Å². The lowest BCUT2D eigenvalue weighted by atomic mass is 9.57. The van der Waals surface area contributed by atoms with Gasteiger partial charge >= 0.3 is 5.97 Å². The highest BCUT2D eigenvalue weighted by molar-refractivity contribution is 5.78. The van der Waals surface area contributed by atoms with E-state index in [0.717, 1.165) is 19.3 Å². The molecular weight excluding hydrogens is 206 g/mol. The normalized spacial score (nSPS) is 37.1. The molecule has 3 fully saturated rings. The molecule has 3 aliphatic rings. The number of aliphatic carboxylic acids is 1. The molecule has 0 spiro atoms. The van der Waals surface area contributed by atoms with Gasteiger partial charge in [0.25, 0.3) is 0 Å². The first-order valence-electron chi connectivity index (χ1n) is 6.06. The van der Waals surface area contributed by atoms with Crippen molar-refractivity contribution in [3.05, 3.63) is 0 Å². The van der Waals surface area contributed by atoms with Crippen LogP contribution in [-0.2, 0) is 9.59 Å². The minimum Gasteiger partial charge on any atom is -0.481 e. The second-order valence-corrected chi connectivity index (χ2v) is 5.27. The van der Waals surface area contributed by atoms with Gasteiger partial charge in [-0.05, 0) is 38.5 Å². The third-order valence-electron chi connectivity index (χ3n) is 4.43. The van der Waals surface area contributed by atoms with Crippen LogP contribution in [-0.4, -0.2) is 22.5 Å². The van der Waals surface area contributed by atoms with Gasteiger partial charge in [-0.15, -0.1) is 0 Å². The lowest BCUT2D eigenvalue weighted by molar-refractivity contribution is -0.157. The summed E-state index contributed by atoms with van der Waals surface area (Å²) in [6.45, 7) is 1.85. The van der Waals surface area contributed by atoms with Crippen molar-refractivity contribution >= 4 is 11.9 Å². The molecule has 3 aliphatic carbocycles. The Morgan fingerprint density at radius 3 is 2.00 bits per heavy atom. The van der Waals surface area contributed by atoms with E-state index in [2.05, 4.69) is 5.32 Å². The summed E-state index contributed by atoms with van der Waals surface area (Å²) in [5, 5.41) is 12.3. The largest absolute Gasteiger partial charge is 0.481 e. The minimum atomic E-state index is -0.650. The fraction of sp³-hybridized carbons (Fsp3) is 0.833. The highest BCUT2D eigenvalue weighted by Gasteiger charge is 2.52. The summed E-state index contributed by atoms with van der Waals surface area (Å²) < 4.78 is 0. The van der Waals surface area contributed by atoms with Crippen LogP contribution in [0.25, 0.3) is 0 Å². The van der Waals surface area contributed by atoms with Crippen LogP contribution in [0, 0.1) is 5.41 Å². The summed E-state index contributed by atoms with van der Waals surface area (Å²) >= 11 is 0. The molecule has 1 amide bonds. The number of carboxylic acids is 1. The van der Waals surface area contributed by atoms with Crippen molar-refractivity contribution in [3.63, 3.8) is 0 Å². The van der Waals surface area contributed by atoms with Crippen molar-refractivity contribution in [1.29, 1.82) is 0 Å². The maximum Gasteiger partial charge on any atom is 0.309 e. The average Bonchev–Trinajstić information content (AvgIpc) is 2.30.